The highest BCUT2D eigenvalue weighted by Gasteiger charge is 2.33. The van der Waals surface area contributed by atoms with Gasteiger partial charge in [0.05, 0.1) is 17.1 Å². The predicted octanol–water partition coefficient (Wildman–Crippen LogP) is 3.45. The van der Waals surface area contributed by atoms with Crippen molar-refractivity contribution >= 4 is 11.4 Å². The number of ether oxygens (including phenoxy) is 1. The summed E-state index contributed by atoms with van der Waals surface area (Å²) in [4.78, 5) is 10.1. The lowest BCUT2D eigenvalue weighted by atomic mass is 10.1. The average molecular weight is 292 g/mol. The van der Waals surface area contributed by atoms with Crippen LogP contribution in [0, 0.1) is 10.1 Å². The summed E-state index contributed by atoms with van der Waals surface area (Å²) in [6.45, 7) is 2.14. The van der Waals surface area contributed by atoms with Crippen LogP contribution in [0.3, 0.4) is 0 Å². The molecule has 0 aliphatic rings. The van der Waals surface area contributed by atoms with E-state index in [9.17, 15) is 23.3 Å². The van der Waals surface area contributed by atoms with Gasteiger partial charge >= 0.3 is 6.18 Å². The summed E-state index contributed by atoms with van der Waals surface area (Å²) >= 11 is 0. The lowest BCUT2D eigenvalue weighted by molar-refractivity contribution is -0.384. The number of benzene rings is 1. The molecule has 0 bridgehead atoms. The maximum absolute atomic E-state index is 12.5. The minimum absolute atomic E-state index is 0.0481. The molecule has 0 saturated carbocycles. The number of hydrogen-bond donors (Lipinski definition) is 1. The van der Waals surface area contributed by atoms with Gasteiger partial charge in [0, 0.05) is 19.2 Å². The highest BCUT2D eigenvalue weighted by Crippen LogP contribution is 2.35. The van der Waals surface area contributed by atoms with Crippen LogP contribution in [-0.4, -0.2) is 24.7 Å². The molecule has 5 nitrogen and oxygen atoms in total. The van der Waals surface area contributed by atoms with Gasteiger partial charge in [0.15, 0.2) is 0 Å². The first-order valence-corrected chi connectivity index (χ1v) is 5.90. The number of halogens is 3. The van der Waals surface area contributed by atoms with Gasteiger partial charge in [0.25, 0.3) is 5.69 Å². The summed E-state index contributed by atoms with van der Waals surface area (Å²) in [6, 6.07) is 2.20. The molecule has 0 heterocycles. The van der Waals surface area contributed by atoms with E-state index in [4.69, 9.17) is 4.74 Å². The highest BCUT2D eigenvalue weighted by molar-refractivity contribution is 5.63. The smallest absolute Gasteiger partial charge is 0.383 e. The van der Waals surface area contributed by atoms with Crippen LogP contribution in [-0.2, 0) is 10.9 Å². The van der Waals surface area contributed by atoms with E-state index in [1.165, 1.54) is 7.11 Å². The molecule has 8 heteroatoms. The van der Waals surface area contributed by atoms with E-state index < -0.39 is 22.4 Å². The van der Waals surface area contributed by atoms with Gasteiger partial charge in [-0.2, -0.15) is 13.2 Å². The van der Waals surface area contributed by atoms with Crippen molar-refractivity contribution in [3.05, 3.63) is 33.9 Å². The van der Waals surface area contributed by atoms with E-state index >= 15 is 0 Å². The van der Waals surface area contributed by atoms with Crippen LogP contribution in [0.2, 0.25) is 0 Å². The molecule has 20 heavy (non-hydrogen) atoms. The van der Waals surface area contributed by atoms with Gasteiger partial charge in [-0.1, -0.05) is 6.92 Å². The van der Waals surface area contributed by atoms with Crippen molar-refractivity contribution in [2.24, 2.45) is 0 Å². The fourth-order valence-corrected chi connectivity index (χ4v) is 1.66. The van der Waals surface area contributed by atoms with Crippen molar-refractivity contribution in [1.29, 1.82) is 0 Å². The zero-order valence-corrected chi connectivity index (χ0v) is 11.0. The quantitative estimate of drug-likeness (QED) is 0.644. The van der Waals surface area contributed by atoms with Gasteiger partial charge < -0.3 is 10.1 Å². The van der Waals surface area contributed by atoms with Crippen molar-refractivity contribution < 1.29 is 22.8 Å². The molecule has 0 aliphatic carbocycles. The second-order valence-corrected chi connectivity index (χ2v) is 4.19. The number of nitro benzene ring substituents is 1. The first-order chi connectivity index (χ1) is 9.29. The molecule has 1 aromatic carbocycles. The van der Waals surface area contributed by atoms with Crippen LogP contribution >= 0.6 is 0 Å². The van der Waals surface area contributed by atoms with E-state index in [-0.39, 0.29) is 11.7 Å². The number of rotatable bonds is 6. The number of anilines is 1. The van der Waals surface area contributed by atoms with E-state index in [0.29, 0.717) is 19.1 Å². The van der Waals surface area contributed by atoms with E-state index in [0.717, 1.165) is 12.1 Å². The monoisotopic (exact) mass is 292 g/mol. The molecule has 0 fully saturated rings. The lowest BCUT2D eigenvalue weighted by Crippen LogP contribution is -2.24. The molecule has 0 amide bonds. The summed E-state index contributed by atoms with van der Waals surface area (Å²) in [5.41, 5.74) is -1.60. The molecular formula is C12H15F3N2O3. The Morgan fingerprint density at radius 3 is 2.55 bits per heavy atom. The van der Waals surface area contributed by atoms with Gasteiger partial charge in [0.2, 0.25) is 0 Å². The van der Waals surface area contributed by atoms with Crippen LogP contribution in [0.1, 0.15) is 18.9 Å². The molecule has 0 radical (unpaired) electrons. The van der Waals surface area contributed by atoms with Gasteiger partial charge in [-0.3, -0.25) is 10.1 Å². The van der Waals surface area contributed by atoms with Crippen LogP contribution in [0.4, 0.5) is 24.5 Å². The van der Waals surface area contributed by atoms with E-state index in [1.54, 1.807) is 0 Å². The van der Waals surface area contributed by atoms with Crippen molar-refractivity contribution in [2.45, 2.75) is 25.6 Å². The molecular weight excluding hydrogens is 277 g/mol. The number of nitro groups is 1. The maximum atomic E-state index is 12.5. The van der Waals surface area contributed by atoms with Crippen molar-refractivity contribution in [3.63, 3.8) is 0 Å². The standard InChI is InChI=1S/C12H15F3N2O3/c1-3-9(7-20-2)16-10-5-4-8(12(13,14)15)6-11(10)17(18)19/h4-6,9,16H,3,7H2,1-2H3. The number of hydrogen-bond acceptors (Lipinski definition) is 4. The Labute approximate surface area is 113 Å². The summed E-state index contributed by atoms with van der Waals surface area (Å²) in [6.07, 6.45) is -3.99. The molecule has 1 atom stereocenters. The first-order valence-electron chi connectivity index (χ1n) is 5.90. The number of nitrogens with zero attached hydrogens (tertiary/aromatic N) is 1. The zero-order valence-electron chi connectivity index (χ0n) is 11.0. The topological polar surface area (TPSA) is 64.4 Å². The molecule has 1 aromatic rings. The average Bonchev–Trinajstić information content (AvgIpc) is 2.36. The second kappa shape index (κ2) is 6.56. The summed E-state index contributed by atoms with van der Waals surface area (Å²) in [5, 5.41) is 13.7. The molecule has 0 aliphatic heterocycles. The summed E-state index contributed by atoms with van der Waals surface area (Å²) < 4.78 is 42.6. The fourth-order valence-electron chi connectivity index (χ4n) is 1.66. The Morgan fingerprint density at radius 1 is 1.45 bits per heavy atom. The maximum Gasteiger partial charge on any atom is 0.416 e. The molecule has 0 aromatic heterocycles. The Balaban J connectivity index is 3.10. The Morgan fingerprint density at radius 2 is 2.10 bits per heavy atom. The third-order valence-corrected chi connectivity index (χ3v) is 2.74. The fraction of sp³-hybridized carbons (Fsp3) is 0.500. The number of alkyl halides is 3. The van der Waals surface area contributed by atoms with Crippen molar-refractivity contribution in [3.8, 4) is 0 Å². The number of nitrogens with one attached hydrogen (secondary N) is 1. The van der Waals surface area contributed by atoms with E-state index in [1.807, 2.05) is 6.92 Å². The number of methoxy groups -OCH3 is 1. The third kappa shape index (κ3) is 4.09. The summed E-state index contributed by atoms with van der Waals surface area (Å²) in [5.74, 6) is 0. The largest absolute Gasteiger partial charge is 0.416 e. The van der Waals surface area contributed by atoms with Crippen molar-refractivity contribution in [2.75, 3.05) is 19.0 Å². The second-order valence-electron chi connectivity index (χ2n) is 4.19. The van der Waals surface area contributed by atoms with Crippen LogP contribution in [0.15, 0.2) is 18.2 Å². The van der Waals surface area contributed by atoms with E-state index in [2.05, 4.69) is 5.32 Å². The highest BCUT2D eigenvalue weighted by atomic mass is 19.4. The molecule has 112 valence electrons. The Hall–Kier alpha value is -1.83. The van der Waals surface area contributed by atoms with Gasteiger partial charge in [-0.15, -0.1) is 0 Å². The lowest BCUT2D eigenvalue weighted by Gasteiger charge is -2.17. The molecule has 0 saturated heterocycles. The SMILES string of the molecule is CCC(COC)Nc1ccc(C(F)(F)F)cc1[N+](=O)[O-]. The van der Waals surface area contributed by atoms with Crippen LogP contribution in [0.5, 0.6) is 0 Å². The zero-order chi connectivity index (χ0) is 15.3. The predicted molar refractivity (Wildman–Crippen MR) is 67.7 cm³/mol. The van der Waals surface area contributed by atoms with Crippen LogP contribution in [0.25, 0.3) is 0 Å². The van der Waals surface area contributed by atoms with Gasteiger partial charge in [-0.25, -0.2) is 0 Å². The third-order valence-electron chi connectivity index (χ3n) is 2.74. The first kappa shape index (κ1) is 16.2. The molecule has 1 rings (SSSR count). The normalized spacial score (nSPS) is 13.1. The minimum Gasteiger partial charge on any atom is -0.383 e. The van der Waals surface area contributed by atoms with Crippen molar-refractivity contribution in [1.82, 2.24) is 0 Å². The Bertz CT molecular complexity index is 478. The molecule has 1 unspecified atom stereocenters. The molecule has 1 N–H and O–H groups in total. The van der Waals surface area contributed by atoms with Crippen LogP contribution < -0.4 is 5.32 Å². The summed E-state index contributed by atoms with van der Waals surface area (Å²) in [7, 11) is 1.48. The van der Waals surface area contributed by atoms with Gasteiger partial charge in [-0.05, 0) is 18.6 Å². The molecule has 0 spiro atoms. The van der Waals surface area contributed by atoms with Gasteiger partial charge in [0.1, 0.15) is 5.69 Å². The Kier molecular flexibility index (Phi) is 5.32. The minimum atomic E-state index is -4.61.